The second-order valence-electron chi connectivity index (χ2n) is 6.16. The summed E-state index contributed by atoms with van der Waals surface area (Å²) < 4.78 is 5.03. The van der Waals surface area contributed by atoms with Gasteiger partial charge in [-0.15, -0.1) is 0 Å². The van der Waals surface area contributed by atoms with Crippen molar-refractivity contribution < 1.29 is 14.8 Å². The number of nitro groups is 1. The van der Waals surface area contributed by atoms with E-state index in [-0.39, 0.29) is 24.1 Å². The minimum absolute atomic E-state index is 0.0109. The Kier molecular flexibility index (Phi) is 6.80. The Hall–Kier alpha value is -1.66. The van der Waals surface area contributed by atoms with Crippen molar-refractivity contribution in [2.45, 2.75) is 51.1 Å². The number of hydrogen-bond acceptors (Lipinski definition) is 5. The smallest absolute Gasteiger partial charge is 0.311 e. The minimum Gasteiger partial charge on any atom is -0.490 e. The van der Waals surface area contributed by atoms with E-state index in [1.165, 1.54) is 39.2 Å². The molecule has 0 radical (unpaired) electrons. The van der Waals surface area contributed by atoms with E-state index in [1.807, 2.05) is 6.07 Å². The summed E-state index contributed by atoms with van der Waals surface area (Å²) in [5, 5.41) is 23.9. The van der Waals surface area contributed by atoms with Gasteiger partial charge in [-0.1, -0.05) is 25.3 Å². The van der Waals surface area contributed by atoms with Gasteiger partial charge in [0, 0.05) is 25.3 Å². The van der Waals surface area contributed by atoms with Gasteiger partial charge in [0.25, 0.3) is 0 Å². The molecule has 0 aromatic heterocycles. The van der Waals surface area contributed by atoms with E-state index >= 15 is 0 Å². The Morgan fingerprint density at radius 2 is 2.13 bits per heavy atom. The number of ether oxygens (including phenoxy) is 1. The SMILES string of the molecule is COc1ccc(CNC(CCO)C2CCCCC2)cc1[N+](=O)[O-]. The molecule has 2 rings (SSSR count). The molecule has 6 heteroatoms. The van der Waals surface area contributed by atoms with Crippen LogP contribution >= 0.6 is 0 Å². The molecule has 1 atom stereocenters. The van der Waals surface area contributed by atoms with E-state index in [2.05, 4.69) is 5.32 Å². The van der Waals surface area contributed by atoms with Crippen LogP contribution in [-0.4, -0.2) is 29.8 Å². The molecule has 1 aliphatic rings. The third-order valence-electron chi connectivity index (χ3n) is 4.67. The lowest BCUT2D eigenvalue weighted by Crippen LogP contribution is -2.37. The molecule has 0 aliphatic heterocycles. The largest absolute Gasteiger partial charge is 0.490 e. The Morgan fingerprint density at radius 3 is 2.74 bits per heavy atom. The maximum Gasteiger partial charge on any atom is 0.311 e. The van der Waals surface area contributed by atoms with Gasteiger partial charge >= 0.3 is 5.69 Å². The Balaban J connectivity index is 2.02. The number of nitrogens with one attached hydrogen (secondary N) is 1. The van der Waals surface area contributed by atoms with Crippen molar-refractivity contribution in [2.24, 2.45) is 5.92 Å². The second-order valence-corrected chi connectivity index (χ2v) is 6.16. The summed E-state index contributed by atoms with van der Waals surface area (Å²) in [6, 6.07) is 5.30. The van der Waals surface area contributed by atoms with Gasteiger partial charge in [0.2, 0.25) is 0 Å². The van der Waals surface area contributed by atoms with Gasteiger partial charge in [-0.2, -0.15) is 0 Å². The van der Waals surface area contributed by atoms with Crippen molar-refractivity contribution in [3.05, 3.63) is 33.9 Å². The molecule has 1 unspecified atom stereocenters. The lowest BCUT2D eigenvalue weighted by Gasteiger charge is -2.31. The highest BCUT2D eigenvalue weighted by atomic mass is 16.6. The Labute approximate surface area is 137 Å². The Morgan fingerprint density at radius 1 is 1.39 bits per heavy atom. The lowest BCUT2D eigenvalue weighted by atomic mass is 9.82. The fourth-order valence-electron chi connectivity index (χ4n) is 3.42. The molecule has 1 fully saturated rings. The molecule has 0 amide bonds. The van der Waals surface area contributed by atoms with Gasteiger partial charge < -0.3 is 15.2 Å². The van der Waals surface area contributed by atoms with Crippen LogP contribution in [0.25, 0.3) is 0 Å². The first-order valence-electron chi connectivity index (χ1n) is 8.31. The maximum absolute atomic E-state index is 11.1. The van der Waals surface area contributed by atoms with Crippen LogP contribution in [0.2, 0.25) is 0 Å². The average Bonchev–Trinajstić information content (AvgIpc) is 2.59. The van der Waals surface area contributed by atoms with Crippen LogP contribution in [0.4, 0.5) is 5.69 Å². The van der Waals surface area contributed by atoms with Crippen molar-refractivity contribution in [1.29, 1.82) is 0 Å². The molecule has 2 N–H and O–H groups in total. The number of rotatable bonds is 8. The molecule has 0 heterocycles. The topological polar surface area (TPSA) is 84.6 Å². The summed E-state index contributed by atoms with van der Waals surface area (Å²) in [7, 11) is 1.43. The highest BCUT2D eigenvalue weighted by Crippen LogP contribution is 2.29. The number of aliphatic hydroxyl groups excluding tert-OH is 1. The molecular weight excluding hydrogens is 296 g/mol. The molecule has 128 valence electrons. The predicted octanol–water partition coefficient (Wildman–Crippen LogP) is 3.02. The number of nitro benzene ring substituents is 1. The van der Waals surface area contributed by atoms with Crippen molar-refractivity contribution in [2.75, 3.05) is 13.7 Å². The molecule has 0 spiro atoms. The summed E-state index contributed by atoms with van der Waals surface area (Å²) in [6.07, 6.45) is 6.92. The second kappa shape index (κ2) is 8.84. The van der Waals surface area contributed by atoms with Gasteiger partial charge in [0.15, 0.2) is 5.75 Å². The highest BCUT2D eigenvalue weighted by Gasteiger charge is 2.23. The van der Waals surface area contributed by atoms with E-state index in [1.54, 1.807) is 12.1 Å². The van der Waals surface area contributed by atoms with Gasteiger partial charge in [0.05, 0.1) is 12.0 Å². The van der Waals surface area contributed by atoms with Crippen LogP contribution < -0.4 is 10.1 Å². The quantitative estimate of drug-likeness (QED) is 0.567. The average molecular weight is 322 g/mol. The zero-order valence-corrected chi connectivity index (χ0v) is 13.7. The number of benzene rings is 1. The first-order chi connectivity index (χ1) is 11.2. The van der Waals surface area contributed by atoms with Gasteiger partial charge in [-0.25, -0.2) is 0 Å². The monoisotopic (exact) mass is 322 g/mol. The first kappa shape index (κ1) is 17.7. The lowest BCUT2D eigenvalue weighted by molar-refractivity contribution is -0.385. The number of hydrogen-bond donors (Lipinski definition) is 2. The number of nitrogens with zero attached hydrogens (tertiary/aromatic N) is 1. The molecule has 0 saturated heterocycles. The molecule has 1 saturated carbocycles. The third kappa shape index (κ3) is 4.91. The zero-order chi connectivity index (χ0) is 16.7. The van der Waals surface area contributed by atoms with E-state index in [0.29, 0.717) is 12.5 Å². The number of methoxy groups -OCH3 is 1. The minimum atomic E-state index is -0.422. The van der Waals surface area contributed by atoms with E-state index in [0.717, 1.165) is 12.0 Å². The van der Waals surface area contributed by atoms with Gasteiger partial charge in [-0.3, -0.25) is 10.1 Å². The van der Waals surface area contributed by atoms with Gasteiger partial charge in [0.1, 0.15) is 0 Å². The van der Waals surface area contributed by atoms with Crippen molar-refractivity contribution in [3.63, 3.8) is 0 Å². The first-order valence-corrected chi connectivity index (χ1v) is 8.31. The molecule has 6 nitrogen and oxygen atoms in total. The molecule has 1 aromatic carbocycles. The van der Waals surface area contributed by atoms with Crippen LogP contribution in [0.15, 0.2) is 18.2 Å². The molecule has 23 heavy (non-hydrogen) atoms. The van der Waals surface area contributed by atoms with Crippen LogP contribution in [0, 0.1) is 16.0 Å². The fraction of sp³-hybridized carbons (Fsp3) is 0.647. The van der Waals surface area contributed by atoms with Crippen LogP contribution in [-0.2, 0) is 6.54 Å². The van der Waals surface area contributed by atoms with Crippen molar-refractivity contribution in [1.82, 2.24) is 5.32 Å². The highest BCUT2D eigenvalue weighted by molar-refractivity contribution is 5.48. The molecule has 1 aromatic rings. The molecule has 0 bridgehead atoms. The Bertz CT molecular complexity index is 515. The standard InChI is InChI=1S/C17H26N2O4/c1-23-17-8-7-13(11-16(17)19(21)22)12-18-15(9-10-20)14-5-3-2-4-6-14/h7-8,11,14-15,18,20H,2-6,9-10,12H2,1H3. The molecular formula is C17H26N2O4. The maximum atomic E-state index is 11.1. The van der Waals surface area contributed by atoms with Crippen LogP contribution in [0.1, 0.15) is 44.1 Å². The van der Waals surface area contributed by atoms with Crippen LogP contribution in [0.3, 0.4) is 0 Å². The van der Waals surface area contributed by atoms with E-state index in [9.17, 15) is 15.2 Å². The fourth-order valence-corrected chi connectivity index (χ4v) is 3.42. The number of aliphatic hydroxyl groups is 1. The van der Waals surface area contributed by atoms with Crippen molar-refractivity contribution in [3.8, 4) is 5.75 Å². The molecule has 1 aliphatic carbocycles. The van der Waals surface area contributed by atoms with E-state index in [4.69, 9.17) is 4.74 Å². The van der Waals surface area contributed by atoms with E-state index < -0.39 is 4.92 Å². The summed E-state index contributed by atoms with van der Waals surface area (Å²) >= 11 is 0. The summed E-state index contributed by atoms with van der Waals surface area (Å²) in [5.74, 6) is 0.863. The third-order valence-corrected chi connectivity index (χ3v) is 4.67. The predicted molar refractivity (Wildman–Crippen MR) is 88.6 cm³/mol. The summed E-state index contributed by atoms with van der Waals surface area (Å²) in [6.45, 7) is 0.725. The van der Waals surface area contributed by atoms with Crippen LogP contribution in [0.5, 0.6) is 5.75 Å². The normalized spacial score (nSPS) is 17.0. The van der Waals surface area contributed by atoms with Gasteiger partial charge in [-0.05, 0) is 36.8 Å². The summed E-state index contributed by atoms with van der Waals surface area (Å²) in [4.78, 5) is 10.7. The summed E-state index contributed by atoms with van der Waals surface area (Å²) in [5.41, 5.74) is 0.847. The zero-order valence-electron chi connectivity index (χ0n) is 13.7. The van der Waals surface area contributed by atoms with Crippen molar-refractivity contribution >= 4 is 5.69 Å².